The molecular weight excluding hydrogens is 380 g/mol. The van der Waals surface area contributed by atoms with Crippen LogP contribution in [0.4, 0.5) is 4.39 Å². The second-order valence-electron chi connectivity index (χ2n) is 3.35. The van der Waals surface area contributed by atoms with Crippen LogP contribution in [-0.2, 0) is 4.74 Å². The molecule has 1 heterocycles. The number of hydrogen-bond acceptors (Lipinski definition) is 4. The van der Waals surface area contributed by atoms with Crippen molar-refractivity contribution in [2.24, 2.45) is 0 Å². The average molecular weight is 385 g/mol. The van der Waals surface area contributed by atoms with E-state index >= 15 is 0 Å². The zero-order chi connectivity index (χ0) is 14.2. The van der Waals surface area contributed by atoms with E-state index in [4.69, 9.17) is 23.2 Å². The average Bonchev–Trinajstić information content (AvgIpc) is 2.77. The van der Waals surface area contributed by atoms with Crippen molar-refractivity contribution >= 4 is 56.4 Å². The number of carbonyl (C=O) groups excluding carboxylic acids is 1. The minimum Gasteiger partial charge on any atom is -0.465 e. The zero-order valence-electron chi connectivity index (χ0n) is 9.34. The van der Waals surface area contributed by atoms with Crippen molar-refractivity contribution in [3.05, 3.63) is 37.5 Å². The number of ether oxygens (including phenoxy) is 1. The van der Waals surface area contributed by atoms with Crippen LogP contribution in [-0.4, -0.2) is 18.1 Å². The third kappa shape index (κ3) is 2.76. The summed E-state index contributed by atoms with van der Waals surface area (Å²) in [7, 11) is 1.23. The lowest BCUT2D eigenvalue weighted by Gasteiger charge is -2.02. The number of carbonyl (C=O) groups is 1. The lowest BCUT2D eigenvalue weighted by atomic mass is 10.2. The molecule has 1 aromatic carbocycles. The summed E-state index contributed by atoms with van der Waals surface area (Å²) < 4.78 is 19.0. The Morgan fingerprint density at radius 1 is 1.47 bits per heavy atom. The summed E-state index contributed by atoms with van der Waals surface area (Å²) in [6.07, 6.45) is 0. The Morgan fingerprint density at radius 2 is 2.16 bits per heavy atom. The van der Waals surface area contributed by atoms with Crippen LogP contribution in [0.3, 0.4) is 0 Å². The number of rotatable bonds is 2. The van der Waals surface area contributed by atoms with Crippen LogP contribution in [0.1, 0.15) is 9.67 Å². The molecular formula is C11H5BrCl2FNO2S. The molecule has 3 nitrogen and oxygen atoms in total. The molecule has 19 heavy (non-hydrogen) atoms. The van der Waals surface area contributed by atoms with E-state index in [1.807, 2.05) is 0 Å². The first-order valence-electron chi connectivity index (χ1n) is 4.84. The van der Waals surface area contributed by atoms with E-state index in [1.165, 1.54) is 13.2 Å². The highest BCUT2D eigenvalue weighted by Crippen LogP contribution is 2.37. The van der Waals surface area contributed by atoms with Crippen LogP contribution in [0.2, 0.25) is 10.2 Å². The predicted octanol–water partition coefficient (Wildman–Crippen LogP) is 4.81. The Kier molecular flexibility index (Phi) is 4.45. The van der Waals surface area contributed by atoms with Gasteiger partial charge in [-0.1, -0.05) is 23.2 Å². The molecule has 0 spiro atoms. The first kappa shape index (κ1) is 14.7. The second kappa shape index (κ2) is 5.75. The molecule has 0 N–H and O–H groups in total. The van der Waals surface area contributed by atoms with Crippen LogP contribution in [0, 0.1) is 5.82 Å². The number of methoxy groups -OCH3 is 1. The molecule has 0 aliphatic carbocycles. The van der Waals surface area contributed by atoms with Crippen LogP contribution in [0.25, 0.3) is 10.6 Å². The van der Waals surface area contributed by atoms with Gasteiger partial charge in [-0.2, -0.15) is 0 Å². The molecule has 0 atom stereocenters. The molecule has 1 aromatic heterocycles. The summed E-state index contributed by atoms with van der Waals surface area (Å²) in [5, 5.41) is 0.186. The van der Waals surface area contributed by atoms with Gasteiger partial charge in [-0.25, -0.2) is 14.2 Å². The fourth-order valence-corrected chi connectivity index (χ4v) is 3.02. The van der Waals surface area contributed by atoms with Crippen molar-refractivity contribution < 1.29 is 13.9 Å². The van der Waals surface area contributed by atoms with E-state index in [0.29, 0.717) is 4.47 Å². The molecule has 100 valence electrons. The van der Waals surface area contributed by atoms with E-state index in [1.54, 1.807) is 6.07 Å². The van der Waals surface area contributed by atoms with Crippen LogP contribution in [0.5, 0.6) is 0 Å². The molecule has 0 fully saturated rings. The number of aromatic nitrogens is 1. The Labute approximate surface area is 130 Å². The summed E-state index contributed by atoms with van der Waals surface area (Å²) in [4.78, 5) is 15.5. The molecule has 0 radical (unpaired) electrons. The third-order valence-corrected chi connectivity index (χ3v) is 4.94. The summed E-state index contributed by atoms with van der Waals surface area (Å²) in [6, 6.07) is 3.09. The molecule has 0 aliphatic rings. The number of nitrogens with zero attached hydrogens (tertiary/aromatic N) is 1. The van der Waals surface area contributed by atoms with Crippen LogP contribution >= 0.6 is 50.5 Å². The Balaban J connectivity index is 2.55. The molecule has 0 unspecified atom stereocenters. The molecule has 0 aliphatic heterocycles. The largest absolute Gasteiger partial charge is 0.465 e. The van der Waals surface area contributed by atoms with E-state index < -0.39 is 11.8 Å². The fourth-order valence-electron chi connectivity index (χ4n) is 1.33. The van der Waals surface area contributed by atoms with Gasteiger partial charge in [-0.3, -0.25) is 0 Å². The zero-order valence-corrected chi connectivity index (χ0v) is 13.3. The van der Waals surface area contributed by atoms with Crippen LogP contribution < -0.4 is 0 Å². The normalized spacial score (nSPS) is 10.6. The standard InChI is InChI=1S/C11H5BrCl2FNO2S/c1-18-11(17)8-9(14)16-10(19-8)4-2-3-5(12)6(13)7(4)15/h2-3H,1H3. The van der Waals surface area contributed by atoms with Crippen molar-refractivity contribution in [1.82, 2.24) is 4.98 Å². The van der Waals surface area contributed by atoms with Crippen molar-refractivity contribution in [2.75, 3.05) is 7.11 Å². The predicted molar refractivity (Wildman–Crippen MR) is 76.6 cm³/mol. The van der Waals surface area contributed by atoms with Gasteiger partial charge >= 0.3 is 5.97 Å². The molecule has 0 saturated carbocycles. The van der Waals surface area contributed by atoms with Gasteiger partial charge in [0.05, 0.1) is 12.1 Å². The van der Waals surface area contributed by atoms with E-state index in [2.05, 4.69) is 25.7 Å². The highest BCUT2D eigenvalue weighted by atomic mass is 79.9. The number of benzene rings is 1. The summed E-state index contributed by atoms with van der Waals surface area (Å²) >= 11 is 15.7. The third-order valence-electron chi connectivity index (χ3n) is 2.22. The Bertz CT molecular complexity index is 662. The van der Waals surface area contributed by atoms with Gasteiger partial charge in [0.1, 0.15) is 5.01 Å². The maximum Gasteiger partial charge on any atom is 0.351 e. The lowest BCUT2D eigenvalue weighted by molar-refractivity contribution is 0.0606. The lowest BCUT2D eigenvalue weighted by Crippen LogP contribution is -1.98. The number of thiazole rings is 1. The van der Waals surface area contributed by atoms with E-state index in [9.17, 15) is 9.18 Å². The summed E-state index contributed by atoms with van der Waals surface area (Å²) in [6.45, 7) is 0. The first-order valence-corrected chi connectivity index (χ1v) is 7.20. The van der Waals surface area contributed by atoms with Crippen LogP contribution in [0.15, 0.2) is 16.6 Å². The van der Waals surface area contributed by atoms with Gasteiger partial charge in [0.15, 0.2) is 15.8 Å². The molecule has 2 rings (SSSR count). The van der Waals surface area contributed by atoms with Crippen molar-refractivity contribution in [1.29, 1.82) is 0 Å². The molecule has 0 saturated heterocycles. The van der Waals surface area contributed by atoms with Gasteiger partial charge < -0.3 is 4.74 Å². The quantitative estimate of drug-likeness (QED) is 0.551. The van der Waals surface area contributed by atoms with E-state index in [0.717, 1.165) is 11.3 Å². The first-order chi connectivity index (χ1) is 8.95. The number of esters is 1. The van der Waals surface area contributed by atoms with Gasteiger partial charge in [-0.15, -0.1) is 11.3 Å². The van der Waals surface area contributed by atoms with Gasteiger partial charge in [0, 0.05) is 10.0 Å². The SMILES string of the molecule is COC(=O)c1sc(-c2ccc(Br)c(Cl)c2F)nc1Cl. The van der Waals surface area contributed by atoms with Gasteiger partial charge in [0.25, 0.3) is 0 Å². The van der Waals surface area contributed by atoms with Gasteiger partial charge in [0.2, 0.25) is 0 Å². The summed E-state index contributed by atoms with van der Waals surface area (Å²) in [5.74, 6) is -1.24. The fraction of sp³-hybridized carbons (Fsp3) is 0.0909. The topological polar surface area (TPSA) is 39.2 Å². The van der Waals surface area contributed by atoms with Crippen molar-refractivity contribution in [3.63, 3.8) is 0 Å². The highest BCUT2D eigenvalue weighted by molar-refractivity contribution is 9.10. The minimum atomic E-state index is -0.627. The molecule has 2 aromatic rings. The minimum absolute atomic E-state index is 0.0229. The summed E-state index contributed by atoms with van der Waals surface area (Å²) in [5.41, 5.74) is 0.176. The molecule has 0 bridgehead atoms. The van der Waals surface area contributed by atoms with E-state index in [-0.39, 0.29) is 25.6 Å². The number of halogens is 4. The Hall–Kier alpha value is -0.690. The maximum absolute atomic E-state index is 14.0. The molecule has 0 amide bonds. The Morgan fingerprint density at radius 3 is 2.79 bits per heavy atom. The maximum atomic E-state index is 14.0. The monoisotopic (exact) mass is 383 g/mol. The van der Waals surface area contributed by atoms with Gasteiger partial charge in [-0.05, 0) is 28.1 Å². The van der Waals surface area contributed by atoms with Crippen molar-refractivity contribution in [3.8, 4) is 10.6 Å². The molecule has 8 heteroatoms. The number of hydrogen-bond donors (Lipinski definition) is 0. The second-order valence-corrected chi connectivity index (χ2v) is 5.94. The smallest absolute Gasteiger partial charge is 0.351 e. The van der Waals surface area contributed by atoms with Crippen molar-refractivity contribution in [2.45, 2.75) is 0 Å². The highest BCUT2D eigenvalue weighted by Gasteiger charge is 2.21.